The number of piperazine rings is 1. The molecule has 1 fully saturated rings. The highest BCUT2D eigenvalue weighted by Crippen LogP contribution is 2.34. The first-order valence-electron chi connectivity index (χ1n) is 9.37. The maximum absolute atomic E-state index is 9.46. The Balaban J connectivity index is 0.00000300. The summed E-state index contributed by atoms with van der Waals surface area (Å²) in [6.07, 6.45) is 0. The number of rotatable bonds is 5. The van der Waals surface area contributed by atoms with Crippen LogP contribution in [0.5, 0.6) is 11.5 Å². The molecule has 0 saturated carbocycles. The summed E-state index contributed by atoms with van der Waals surface area (Å²) in [4.78, 5) is 9.43. The molecule has 3 rings (SSSR count). The van der Waals surface area contributed by atoms with E-state index in [1.165, 1.54) is 5.56 Å². The second-order valence-corrected chi connectivity index (χ2v) is 6.74. The van der Waals surface area contributed by atoms with Crippen molar-refractivity contribution < 1.29 is 14.9 Å². The third-order valence-electron chi connectivity index (χ3n) is 4.98. The molecule has 1 aliphatic heterocycles. The number of methoxy groups -OCH3 is 2. The fraction of sp³-hybridized carbons (Fsp3) is 0.364. The molecule has 0 atom stereocenters. The Morgan fingerprint density at radius 1 is 1.00 bits per heavy atom. The molecule has 7 nitrogen and oxygen atoms in total. The molecule has 2 N–H and O–H groups in total. The van der Waals surface area contributed by atoms with Gasteiger partial charge in [-0.25, -0.2) is 4.99 Å². The van der Waals surface area contributed by atoms with Crippen molar-refractivity contribution in [2.45, 2.75) is 13.5 Å². The van der Waals surface area contributed by atoms with E-state index in [1.54, 1.807) is 26.4 Å². The lowest BCUT2D eigenvalue weighted by molar-refractivity contribution is 0.175. The first-order chi connectivity index (χ1) is 13.6. The molecule has 1 saturated heterocycles. The quantitative estimate of drug-likeness (QED) is 0.494. The first kappa shape index (κ1) is 28.5. The second kappa shape index (κ2) is 13.7. The Kier molecular flexibility index (Phi) is 12.6. The molecule has 1 heterocycles. The topological polar surface area (TPSA) is 92.6 Å². The van der Waals surface area contributed by atoms with Crippen LogP contribution >= 0.6 is 24.8 Å². The Morgan fingerprint density at radius 3 is 2.13 bits per heavy atom. The summed E-state index contributed by atoms with van der Waals surface area (Å²) in [7, 11) is 3.14. The lowest BCUT2D eigenvalue weighted by atomic mass is 10.1. The summed E-state index contributed by atoms with van der Waals surface area (Å²) in [5, 5.41) is 9.46. The van der Waals surface area contributed by atoms with E-state index in [9.17, 15) is 5.26 Å². The molecule has 31 heavy (non-hydrogen) atoms. The van der Waals surface area contributed by atoms with Gasteiger partial charge in [0.05, 0.1) is 25.5 Å². The van der Waals surface area contributed by atoms with Gasteiger partial charge in [0.2, 0.25) is 0 Å². The zero-order valence-electron chi connectivity index (χ0n) is 18.0. The minimum atomic E-state index is 0. The number of halogens is 2. The fourth-order valence-electron chi connectivity index (χ4n) is 3.37. The van der Waals surface area contributed by atoms with Crippen molar-refractivity contribution in [2.75, 3.05) is 40.4 Å². The monoisotopic (exact) mass is 468 g/mol. The second-order valence-electron chi connectivity index (χ2n) is 6.74. The molecular weight excluding hydrogens is 439 g/mol. The van der Waals surface area contributed by atoms with E-state index >= 15 is 0 Å². The van der Waals surface area contributed by atoms with Crippen molar-refractivity contribution in [1.82, 2.24) is 9.80 Å². The Bertz CT molecular complexity index is 880. The van der Waals surface area contributed by atoms with Crippen LogP contribution in [0.3, 0.4) is 0 Å². The predicted molar refractivity (Wildman–Crippen MR) is 128 cm³/mol. The van der Waals surface area contributed by atoms with Gasteiger partial charge in [-0.3, -0.25) is 4.90 Å². The van der Waals surface area contributed by atoms with Crippen molar-refractivity contribution in [3.05, 3.63) is 53.6 Å². The van der Waals surface area contributed by atoms with E-state index in [0.29, 0.717) is 22.7 Å². The molecule has 2 aromatic carbocycles. The molecule has 0 amide bonds. The van der Waals surface area contributed by atoms with Gasteiger partial charge in [-0.15, -0.1) is 24.8 Å². The van der Waals surface area contributed by atoms with E-state index in [1.807, 2.05) is 13.0 Å². The molecule has 170 valence electrons. The third kappa shape index (κ3) is 7.30. The van der Waals surface area contributed by atoms with Crippen LogP contribution in [0, 0.1) is 11.3 Å². The summed E-state index contributed by atoms with van der Waals surface area (Å²) in [6.45, 7) is 6.76. The molecule has 2 aromatic rings. The normalized spacial score (nSPS) is 13.7. The van der Waals surface area contributed by atoms with E-state index in [-0.39, 0.29) is 30.3 Å². The highest BCUT2D eigenvalue weighted by atomic mass is 35.5. The number of hydrogen-bond donors (Lipinski definition) is 0. The van der Waals surface area contributed by atoms with Gasteiger partial charge < -0.3 is 19.8 Å². The molecule has 9 heteroatoms. The SMILES string of the molecule is COc1cc(C#N)c(N=C(C)N2CCN(Cc3ccccc3)CC2)cc1OC.Cl.Cl.O. The standard InChI is InChI=1S/C22H26N4O2.2ClH.H2O/c1-17(24-20-14-22(28-3)21(27-2)13-19(20)15-23)26-11-9-25(10-12-26)16-18-7-5-4-6-8-18;;;/h4-8,13-14H,9-12,16H2,1-3H3;2*1H;1H2. The number of amidine groups is 1. The number of benzene rings is 2. The van der Waals surface area contributed by atoms with Gasteiger partial charge in [0.15, 0.2) is 11.5 Å². The van der Waals surface area contributed by atoms with E-state index in [4.69, 9.17) is 14.5 Å². The van der Waals surface area contributed by atoms with Gasteiger partial charge >= 0.3 is 0 Å². The van der Waals surface area contributed by atoms with Crippen LogP contribution in [0.25, 0.3) is 0 Å². The van der Waals surface area contributed by atoms with Gasteiger partial charge in [-0.05, 0) is 12.5 Å². The fourth-order valence-corrected chi connectivity index (χ4v) is 3.37. The molecule has 0 aliphatic carbocycles. The molecule has 0 unspecified atom stereocenters. The lowest BCUT2D eigenvalue weighted by Crippen LogP contribution is -2.47. The van der Waals surface area contributed by atoms with Crippen LogP contribution in [0.1, 0.15) is 18.1 Å². The molecule has 1 aliphatic rings. The van der Waals surface area contributed by atoms with Crippen LogP contribution in [-0.2, 0) is 6.54 Å². The minimum absolute atomic E-state index is 0. The Labute approximate surface area is 196 Å². The average molecular weight is 469 g/mol. The molecule has 0 bridgehead atoms. The highest BCUT2D eigenvalue weighted by Gasteiger charge is 2.18. The van der Waals surface area contributed by atoms with Crippen LogP contribution in [0.4, 0.5) is 5.69 Å². The smallest absolute Gasteiger partial charge is 0.162 e. The van der Waals surface area contributed by atoms with Gasteiger partial charge in [-0.2, -0.15) is 5.26 Å². The van der Waals surface area contributed by atoms with Crippen molar-refractivity contribution in [2.24, 2.45) is 4.99 Å². The predicted octanol–water partition coefficient (Wildman–Crippen LogP) is 3.46. The zero-order valence-corrected chi connectivity index (χ0v) is 19.6. The van der Waals surface area contributed by atoms with Crippen LogP contribution < -0.4 is 9.47 Å². The molecule has 0 aromatic heterocycles. The summed E-state index contributed by atoms with van der Waals surface area (Å²) < 4.78 is 10.6. The van der Waals surface area contributed by atoms with Gasteiger partial charge in [0, 0.05) is 44.9 Å². The van der Waals surface area contributed by atoms with Gasteiger partial charge in [0.25, 0.3) is 0 Å². The minimum Gasteiger partial charge on any atom is -0.493 e. The summed E-state index contributed by atoms with van der Waals surface area (Å²) in [5.41, 5.74) is 2.41. The summed E-state index contributed by atoms with van der Waals surface area (Å²) in [5.74, 6) is 2.01. The Morgan fingerprint density at radius 2 is 1.58 bits per heavy atom. The third-order valence-corrected chi connectivity index (χ3v) is 4.98. The van der Waals surface area contributed by atoms with Crippen molar-refractivity contribution in [3.63, 3.8) is 0 Å². The summed E-state index contributed by atoms with van der Waals surface area (Å²) in [6, 6.07) is 16.2. The van der Waals surface area contributed by atoms with E-state index in [0.717, 1.165) is 38.6 Å². The number of nitrogens with zero attached hydrogens (tertiary/aromatic N) is 4. The van der Waals surface area contributed by atoms with Crippen molar-refractivity contribution >= 4 is 36.3 Å². The number of ether oxygens (including phenoxy) is 2. The van der Waals surface area contributed by atoms with E-state index in [2.05, 4.69) is 40.1 Å². The number of nitriles is 1. The van der Waals surface area contributed by atoms with Gasteiger partial charge in [0.1, 0.15) is 11.9 Å². The van der Waals surface area contributed by atoms with E-state index < -0.39 is 0 Å². The maximum atomic E-state index is 9.46. The van der Waals surface area contributed by atoms with Crippen molar-refractivity contribution in [3.8, 4) is 17.6 Å². The average Bonchev–Trinajstić information content (AvgIpc) is 2.74. The lowest BCUT2D eigenvalue weighted by Gasteiger charge is -2.35. The van der Waals surface area contributed by atoms with Crippen LogP contribution in [0.15, 0.2) is 47.5 Å². The zero-order chi connectivity index (χ0) is 19.9. The highest BCUT2D eigenvalue weighted by molar-refractivity contribution is 5.85. The van der Waals surface area contributed by atoms with Crippen molar-refractivity contribution in [1.29, 1.82) is 5.26 Å². The number of hydrogen-bond acceptors (Lipinski definition) is 5. The molecular formula is C22H30Cl2N4O3. The largest absolute Gasteiger partial charge is 0.493 e. The number of aliphatic imine (C=N–C) groups is 1. The molecule has 0 spiro atoms. The summed E-state index contributed by atoms with van der Waals surface area (Å²) >= 11 is 0. The maximum Gasteiger partial charge on any atom is 0.162 e. The van der Waals surface area contributed by atoms with Gasteiger partial charge in [-0.1, -0.05) is 30.3 Å². The van der Waals surface area contributed by atoms with Crippen LogP contribution in [-0.4, -0.2) is 61.5 Å². The first-order valence-corrected chi connectivity index (χ1v) is 9.37. The van der Waals surface area contributed by atoms with Crippen LogP contribution in [0.2, 0.25) is 0 Å². The molecule has 0 radical (unpaired) electrons. The Hall–Kier alpha value is -2.50.